The molecular formula is C11H19N3O. The summed E-state index contributed by atoms with van der Waals surface area (Å²) in [5, 5.41) is 12.3. The molecule has 2 N–H and O–H groups in total. The standard InChI is InChI=1S/C11H19N3O/c1-5-9-6-10(13-8(2)12-9)14-11(3,4)7-15/h6,15H,5,7H2,1-4H3,(H,12,13,14). The highest BCUT2D eigenvalue weighted by Crippen LogP contribution is 2.13. The predicted molar refractivity (Wildman–Crippen MR) is 60.9 cm³/mol. The number of aromatic nitrogens is 2. The van der Waals surface area contributed by atoms with E-state index in [1.54, 1.807) is 0 Å². The number of aliphatic hydroxyl groups is 1. The number of hydrogen-bond donors (Lipinski definition) is 2. The average Bonchev–Trinajstić information content (AvgIpc) is 2.16. The summed E-state index contributed by atoms with van der Waals surface area (Å²) in [5.41, 5.74) is 0.657. The first kappa shape index (κ1) is 11.9. The van der Waals surface area contributed by atoms with E-state index in [1.165, 1.54) is 0 Å². The van der Waals surface area contributed by atoms with Crippen molar-refractivity contribution in [3.63, 3.8) is 0 Å². The third-order valence-electron chi connectivity index (χ3n) is 2.11. The van der Waals surface area contributed by atoms with Crippen molar-refractivity contribution < 1.29 is 5.11 Å². The molecule has 4 nitrogen and oxygen atoms in total. The van der Waals surface area contributed by atoms with Gasteiger partial charge >= 0.3 is 0 Å². The molecule has 0 amide bonds. The SMILES string of the molecule is CCc1cc(NC(C)(C)CO)nc(C)n1. The van der Waals surface area contributed by atoms with E-state index in [4.69, 9.17) is 5.11 Å². The fourth-order valence-corrected chi connectivity index (χ4v) is 1.26. The van der Waals surface area contributed by atoms with Gasteiger partial charge in [-0.2, -0.15) is 0 Å². The maximum atomic E-state index is 9.15. The Hall–Kier alpha value is -1.16. The van der Waals surface area contributed by atoms with E-state index in [9.17, 15) is 0 Å². The van der Waals surface area contributed by atoms with E-state index >= 15 is 0 Å². The lowest BCUT2D eigenvalue weighted by atomic mass is 10.1. The lowest BCUT2D eigenvalue weighted by Gasteiger charge is -2.24. The second-order valence-corrected chi connectivity index (χ2v) is 4.31. The Morgan fingerprint density at radius 1 is 1.40 bits per heavy atom. The maximum Gasteiger partial charge on any atom is 0.130 e. The summed E-state index contributed by atoms with van der Waals surface area (Å²) in [6.07, 6.45) is 0.887. The van der Waals surface area contributed by atoms with Crippen molar-refractivity contribution in [2.75, 3.05) is 11.9 Å². The summed E-state index contributed by atoms with van der Waals surface area (Å²) in [7, 11) is 0. The zero-order valence-electron chi connectivity index (χ0n) is 9.83. The lowest BCUT2D eigenvalue weighted by Crippen LogP contribution is -2.35. The zero-order chi connectivity index (χ0) is 11.5. The number of hydrogen-bond acceptors (Lipinski definition) is 4. The molecule has 0 saturated carbocycles. The van der Waals surface area contributed by atoms with Crippen molar-refractivity contribution in [1.29, 1.82) is 0 Å². The molecule has 1 aromatic heterocycles. The van der Waals surface area contributed by atoms with Gasteiger partial charge < -0.3 is 10.4 Å². The molecule has 0 saturated heterocycles. The highest BCUT2D eigenvalue weighted by molar-refractivity contribution is 5.38. The van der Waals surface area contributed by atoms with Crippen LogP contribution in [0.1, 0.15) is 32.3 Å². The predicted octanol–water partition coefficient (Wildman–Crippen LogP) is 1.53. The third kappa shape index (κ3) is 3.47. The van der Waals surface area contributed by atoms with Gasteiger partial charge in [0, 0.05) is 11.8 Å². The van der Waals surface area contributed by atoms with Gasteiger partial charge in [-0.05, 0) is 27.2 Å². The van der Waals surface area contributed by atoms with Crippen LogP contribution in [-0.2, 0) is 6.42 Å². The molecule has 0 spiro atoms. The lowest BCUT2D eigenvalue weighted by molar-refractivity contribution is 0.234. The summed E-state index contributed by atoms with van der Waals surface area (Å²) in [4.78, 5) is 8.58. The minimum absolute atomic E-state index is 0.0670. The molecule has 1 rings (SSSR count). The van der Waals surface area contributed by atoms with E-state index < -0.39 is 0 Å². The van der Waals surface area contributed by atoms with Gasteiger partial charge in [0.15, 0.2) is 0 Å². The fraction of sp³-hybridized carbons (Fsp3) is 0.636. The largest absolute Gasteiger partial charge is 0.394 e. The Bertz CT molecular complexity index is 337. The van der Waals surface area contributed by atoms with E-state index in [1.807, 2.05) is 26.8 Å². The molecule has 84 valence electrons. The van der Waals surface area contributed by atoms with Crippen LogP contribution in [0.5, 0.6) is 0 Å². The van der Waals surface area contributed by atoms with E-state index in [0.29, 0.717) is 0 Å². The van der Waals surface area contributed by atoms with Gasteiger partial charge in [0.2, 0.25) is 0 Å². The summed E-state index contributed by atoms with van der Waals surface area (Å²) in [5.74, 6) is 1.53. The molecule has 0 unspecified atom stereocenters. The molecule has 0 aliphatic heterocycles. The molecule has 0 fully saturated rings. The first-order chi connectivity index (χ1) is 6.96. The van der Waals surface area contributed by atoms with Gasteiger partial charge in [-0.15, -0.1) is 0 Å². The van der Waals surface area contributed by atoms with Crippen molar-refractivity contribution in [3.8, 4) is 0 Å². The monoisotopic (exact) mass is 209 g/mol. The first-order valence-corrected chi connectivity index (χ1v) is 5.20. The molecule has 15 heavy (non-hydrogen) atoms. The molecule has 0 radical (unpaired) electrons. The number of nitrogens with one attached hydrogen (secondary N) is 1. The van der Waals surface area contributed by atoms with Crippen molar-refractivity contribution in [1.82, 2.24) is 9.97 Å². The Balaban J connectivity index is 2.90. The van der Waals surface area contributed by atoms with Crippen LogP contribution in [0.3, 0.4) is 0 Å². The van der Waals surface area contributed by atoms with E-state index in [-0.39, 0.29) is 12.1 Å². The van der Waals surface area contributed by atoms with Gasteiger partial charge in [-0.1, -0.05) is 6.92 Å². The number of aryl methyl sites for hydroxylation is 2. The van der Waals surface area contributed by atoms with Crippen LogP contribution in [0.4, 0.5) is 5.82 Å². The number of rotatable bonds is 4. The van der Waals surface area contributed by atoms with Crippen molar-refractivity contribution in [3.05, 3.63) is 17.6 Å². The Morgan fingerprint density at radius 3 is 2.60 bits per heavy atom. The van der Waals surface area contributed by atoms with Gasteiger partial charge in [0.25, 0.3) is 0 Å². The first-order valence-electron chi connectivity index (χ1n) is 5.20. The van der Waals surface area contributed by atoms with Gasteiger partial charge in [0.05, 0.1) is 12.1 Å². The molecule has 0 aromatic carbocycles. The molecule has 0 aliphatic carbocycles. The third-order valence-corrected chi connectivity index (χ3v) is 2.11. The highest BCUT2D eigenvalue weighted by atomic mass is 16.3. The topological polar surface area (TPSA) is 58.0 Å². The van der Waals surface area contributed by atoms with Crippen LogP contribution in [0.15, 0.2) is 6.07 Å². The van der Waals surface area contributed by atoms with E-state index in [2.05, 4.69) is 22.2 Å². The molecule has 0 aliphatic rings. The normalized spacial score (nSPS) is 11.5. The average molecular weight is 209 g/mol. The van der Waals surface area contributed by atoms with Crippen molar-refractivity contribution in [2.24, 2.45) is 0 Å². The van der Waals surface area contributed by atoms with Gasteiger partial charge in [-0.25, -0.2) is 9.97 Å². The Morgan fingerprint density at radius 2 is 2.07 bits per heavy atom. The Labute approximate surface area is 90.8 Å². The summed E-state index contributed by atoms with van der Waals surface area (Å²) < 4.78 is 0. The molecular weight excluding hydrogens is 190 g/mol. The minimum Gasteiger partial charge on any atom is -0.394 e. The molecule has 0 bridgehead atoms. The molecule has 1 aromatic rings. The summed E-state index contributed by atoms with van der Waals surface area (Å²) >= 11 is 0. The van der Waals surface area contributed by atoms with Crippen LogP contribution in [0.2, 0.25) is 0 Å². The van der Waals surface area contributed by atoms with Gasteiger partial charge in [-0.3, -0.25) is 0 Å². The quantitative estimate of drug-likeness (QED) is 0.789. The van der Waals surface area contributed by atoms with E-state index in [0.717, 1.165) is 23.8 Å². The van der Waals surface area contributed by atoms with Crippen molar-refractivity contribution >= 4 is 5.82 Å². The Kier molecular flexibility index (Phi) is 3.63. The van der Waals surface area contributed by atoms with Crippen molar-refractivity contribution in [2.45, 2.75) is 39.7 Å². The number of anilines is 1. The fourth-order valence-electron chi connectivity index (χ4n) is 1.26. The maximum absolute atomic E-state index is 9.15. The summed E-state index contributed by atoms with van der Waals surface area (Å²) in [6.45, 7) is 7.85. The minimum atomic E-state index is -0.355. The van der Waals surface area contributed by atoms with Crippen LogP contribution in [0.25, 0.3) is 0 Å². The molecule has 1 heterocycles. The van der Waals surface area contributed by atoms with Gasteiger partial charge in [0.1, 0.15) is 11.6 Å². The second-order valence-electron chi connectivity index (χ2n) is 4.31. The van der Waals surface area contributed by atoms with Crippen LogP contribution in [-0.4, -0.2) is 27.2 Å². The highest BCUT2D eigenvalue weighted by Gasteiger charge is 2.16. The molecule has 4 heteroatoms. The smallest absolute Gasteiger partial charge is 0.130 e. The number of nitrogens with zero attached hydrogens (tertiary/aromatic N) is 2. The van der Waals surface area contributed by atoms with Crippen LogP contribution >= 0.6 is 0 Å². The second kappa shape index (κ2) is 4.57. The zero-order valence-corrected chi connectivity index (χ0v) is 9.83. The van der Waals surface area contributed by atoms with Crippen LogP contribution in [0, 0.1) is 6.92 Å². The molecule has 0 atom stereocenters. The number of aliphatic hydroxyl groups excluding tert-OH is 1. The summed E-state index contributed by atoms with van der Waals surface area (Å²) in [6, 6.07) is 1.92. The van der Waals surface area contributed by atoms with Crippen LogP contribution < -0.4 is 5.32 Å².